The van der Waals surface area contributed by atoms with Crippen molar-refractivity contribution < 1.29 is 26.3 Å². The molecule has 2 aromatic rings. The third-order valence-corrected chi connectivity index (χ3v) is 6.87. The van der Waals surface area contributed by atoms with Crippen LogP contribution >= 0.6 is 15.9 Å². The van der Waals surface area contributed by atoms with E-state index in [-0.39, 0.29) is 11.4 Å². The first-order valence-electron chi connectivity index (χ1n) is 7.99. The standard InChI is InChI=1S/C16H15BrF3N3O3S/c17-12-5-1-2-6-13(12)27(24,25)23-9-3-4-11(10-23)26-15-21-8-7-14(22-15)16(18,19)20/h1-2,5-8,11H,3-4,9-10H2. The Balaban J connectivity index is 1.76. The molecular formula is C16H15BrF3N3O3S. The van der Waals surface area contributed by atoms with Crippen LogP contribution in [0.4, 0.5) is 13.2 Å². The predicted molar refractivity (Wildman–Crippen MR) is 93.6 cm³/mol. The second-order valence-electron chi connectivity index (χ2n) is 5.90. The molecule has 6 nitrogen and oxygen atoms in total. The Hall–Kier alpha value is -1.72. The number of ether oxygens (including phenoxy) is 1. The topological polar surface area (TPSA) is 72.4 Å². The summed E-state index contributed by atoms with van der Waals surface area (Å²) in [5.74, 6) is 0. The molecule has 1 unspecified atom stereocenters. The second-order valence-corrected chi connectivity index (χ2v) is 8.66. The lowest BCUT2D eigenvalue weighted by molar-refractivity contribution is -0.141. The third-order valence-electron chi connectivity index (χ3n) is 3.99. The van der Waals surface area contributed by atoms with Gasteiger partial charge in [0.05, 0.1) is 11.4 Å². The number of hydrogen-bond donors (Lipinski definition) is 0. The summed E-state index contributed by atoms with van der Waals surface area (Å²) in [6, 6.07) is 6.76. The molecule has 3 rings (SSSR count). The van der Waals surface area contributed by atoms with Gasteiger partial charge < -0.3 is 4.74 Å². The average molecular weight is 466 g/mol. The quantitative estimate of drug-likeness (QED) is 0.690. The molecule has 1 atom stereocenters. The number of nitrogens with zero attached hydrogens (tertiary/aromatic N) is 3. The van der Waals surface area contributed by atoms with Gasteiger partial charge in [-0.2, -0.15) is 22.5 Å². The molecule has 0 aliphatic carbocycles. The first-order chi connectivity index (χ1) is 12.7. The van der Waals surface area contributed by atoms with Crippen LogP contribution in [0.3, 0.4) is 0 Å². The SMILES string of the molecule is O=S(=O)(c1ccccc1Br)N1CCCC(Oc2nccc(C(F)(F)F)n2)C1. The molecule has 11 heteroatoms. The summed E-state index contributed by atoms with van der Waals surface area (Å²) in [5.41, 5.74) is -1.11. The Morgan fingerprint density at radius 1 is 1.22 bits per heavy atom. The summed E-state index contributed by atoms with van der Waals surface area (Å²) < 4.78 is 71.1. The molecular weight excluding hydrogens is 451 g/mol. The van der Waals surface area contributed by atoms with Crippen LogP contribution in [-0.2, 0) is 16.2 Å². The van der Waals surface area contributed by atoms with Gasteiger partial charge in [-0.25, -0.2) is 13.4 Å². The normalized spacial score (nSPS) is 19.0. The summed E-state index contributed by atoms with van der Waals surface area (Å²) in [6.07, 6.45) is -3.29. The molecule has 146 valence electrons. The van der Waals surface area contributed by atoms with Crippen LogP contribution in [0.1, 0.15) is 18.5 Å². The zero-order valence-electron chi connectivity index (χ0n) is 13.9. The number of alkyl halides is 3. The first kappa shape index (κ1) is 20.0. The van der Waals surface area contributed by atoms with Gasteiger partial charge in [-0.05, 0) is 47.0 Å². The van der Waals surface area contributed by atoms with Crippen LogP contribution < -0.4 is 4.74 Å². The smallest absolute Gasteiger partial charge is 0.433 e. The number of benzene rings is 1. The van der Waals surface area contributed by atoms with E-state index >= 15 is 0 Å². The molecule has 2 heterocycles. The van der Waals surface area contributed by atoms with Gasteiger partial charge in [-0.15, -0.1) is 0 Å². The molecule has 1 aliphatic heterocycles. The second kappa shape index (κ2) is 7.72. The molecule has 0 amide bonds. The van der Waals surface area contributed by atoms with Crippen molar-refractivity contribution in [2.24, 2.45) is 0 Å². The van der Waals surface area contributed by atoms with Crippen molar-refractivity contribution in [2.45, 2.75) is 30.0 Å². The summed E-state index contributed by atoms with van der Waals surface area (Å²) in [4.78, 5) is 7.19. The maximum absolute atomic E-state index is 12.9. The molecule has 0 spiro atoms. The maximum atomic E-state index is 12.9. The Morgan fingerprint density at radius 2 is 1.96 bits per heavy atom. The van der Waals surface area contributed by atoms with Crippen LogP contribution in [-0.4, -0.2) is 41.9 Å². The summed E-state index contributed by atoms with van der Waals surface area (Å²) in [6.45, 7) is 0.302. The zero-order valence-corrected chi connectivity index (χ0v) is 16.3. The largest absolute Gasteiger partial charge is 0.459 e. The van der Waals surface area contributed by atoms with E-state index < -0.39 is 34.0 Å². The number of piperidine rings is 1. The van der Waals surface area contributed by atoms with Gasteiger partial charge in [-0.1, -0.05) is 12.1 Å². The van der Waals surface area contributed by atoms with E-state index in [1.54, 1.807) is 18.2 Å². The summed E-state index contributed by atoms with van der Waals surface area (Å²) in [7, 11) is -3.76. The van der Waals surface area contributed by atoms with E-state index in [0.717, 1.165) is 12.3 Å². The van der Waals surface area contributed by atoms with Gasteiger partial charge >= 0.3 is 12.2 Å². The third kappa shape index (κ3) is 4.58. The van der Waals surface area contributed by atoms with E-state index in [9.17, 15) is 21.6 Å². The first-order valence-corrected chi connectivity index (χ1v) is 10.2. The molecule has 0 bridgehead atoms. The fraction of sp³-hybridized carbons (Fsp3) is 0.375. The van der Waals surface area contributed by atoms with Crippen molar-refractivity contribution >= 4 is 26.0 Å². The summed E-state index contributed by atoms with van der Waals surface area (Å²) >= 11 is 3.23. The summed E-state index contributed by atoms with van der Waals surface area (Å²) in [5, 5.41) is 0. The molecule has 1 aliphatic rings. The van der Waals surface area contributed by atoms with E-state index in [1.807, 2.05) is 0 Å². The predicted octanol–water partition coefficient (Wildman–Crippen LogP) is 3.49. The lowest BCUT2D eigenvalue weighted by atomic mass is 10.1. The Kier molecular flexibility index (Phi) is 5.73. The number of sulfonamides is 1. The molecule has 1 saturated heterocycles. The highest BCUT2D eigenvalue weighted by Gasteiger charge is 2.35. The van der Waals surface area contributed by atoms with E-state index in [1.165, 1.54) is 10.4 Å². The van der Waals surface area contributed by atoms with Gasteiger partial charge in [0.25, 0.3) is 0 Å². The van der Waals surface area contributed by atoms with Crippen LogP contribution in [0.5, 0.6) is 6.01 Å². The van der Waals surface area contributed by atoms with Gasteiger partial charge in [-0.3, -0.25) is 0 Å². The van der Waals surface area contributed by atoms with Crippen molar-refractivity contribution in [2.75, 3.05) is 13.1 Å². The molecule has 1 aromatic heterocycles. The number of halogens is 4. The van der Waals surface area contributed by atoms with Crippen molar-refractivity contribution in [3.8, 4) is 6.01 Å². The van der Waals surface area contributed by atoms with E-state index in [2.05, 4.69) is 25.9 Å². The van der Waals surface area contributed by atoms with Crippen LogP contribution in [0.15, 0.2) is 45.9 Å². The van der Waals surface area contributed by atoms with Crippen LogP contribution in [0, 0.1) is 0 Å². The Bertz CT molecular complexity index is 924. The fourth-order valence-electron chi connectivity index (χ4n) is 2.72. The minimum atomic E-state index is -4.61. The number of hydrogen-bond acceptors (Lipinski definition) is 5. The zero-order chi connectivity index (χ0) is 19.7. The van der Waals surface area contributed by atoms with Gasteiger partial charge in [0.1, 0.15) is 6.10 Å². The minimum Gasteiger partial charge on any atom is -0.459 e. The van der Waals surface area contributed by atoms with Crippen LogP contribution in [0.2, 0.25) is 0 Å². The number of aromatic nitrogens is 2. The van der Waals surface area contributed by atoms with Crippen molar-refractivity contribution in [1.29, 1.82) is 0 Å². The molecule has 0 saturated carbocycles. The molecule has 27 heavy (non-hydrogen) atoms. The van der Waals surface area contributed by atoms with Gasteiger partial charge in [0.15, 0.2) is 5.69 Å². The maximum Gasteiger partial charge on any atom is 0.433 e. The van der Waals surface area contributed by atoms with Gasteiger partial charge in [0.2, 0.25) is 10.0 Å². The van der Waals surface area contributed by atoms with Gasteiger partial charge in [0, 0.05) is 17.2 Å². The highest BCUT2D eigenvalue weighted by molar-refractivity contribution is 9.10. The lowest BCUT2D eigenvalue weighted by Gasteiger charge is -2.31. The van der Waals surface area contributed by atoms with Crippen molar-refractivity contribution in [3.05, 3.63) is 46.7 Å². The monoisotopic (exact) mass is 465 g/mol. The number of rotatable bonds is 4. The molecule has 1 fully saturated rings. The lowest BCUT2D eigenvalue weighted by Crippen LogP contribution is -2.44. The average Bonchev–Trinajstić information content (AvgIpc) is 2.62. The molecule has 0 N–H and O–H groups in total. The Morgan fingerprint density at radius 3 is 2.67 bits per heavy atom. The van der Waals surface area contributed by atoms with Crippen LogP contribution in [0.25, 0.3) is 0 Å². The highest BCUT2D eigenvalue weighted by atomic mass is 79.9. The van der Waals surface area contributed by atoms with E-state index in [4.69, 9.17) is 4.74 Å². The minimum absolute atomic E-state index is 0.00325. The van der Waals surface area contributed by atoms with Crippen molar-refractivity contribution in [1.82, 2.24) is 14.3 Å². The van der Waals surface area contributed by atoms with E-state index in [0.29, 0.717) is 23.9 Å². The molecule has 1 aromatic carbocycles. The Labute approximate surface area is 162 Å². The molecule has 0 radical (unpaired) electrons. The highest BCUT2D eigenvalue weighted by Crippen LogP contribution is 2.29. The fourth-order valence-corrected chi connectivity index (χ4v) is 5.19. The van der Waals surface area contributed by atoms with Crippen molar-refractivity contribution in [3.63, 3.8) is 0 Å².